The van der Waals surface area contributed by atoms with Gasteiger partial charge < -0.3 is 4.74 Å². The van der Waals surface area contributed by atoms with Crippen LogP contribution in [0.25, 0.3) is 0 Å². The summed E-state index contributed by atoms with van der Waals surface area (Å²) in [5, 5.41) is 1.11. The molecule has 0 atom stereocenters. The number of hydrogen-bond donors (Lipinski definition) is 0. The van der Waals surface area contributed by atoms with Gasteiger partial charge in [-0.2, -0.15) is 0 Å². The SMILES string of the molecule is CCOCC1(CBr)CCC1. The van der Waals surface area contributed by atoms with Gasteiger partial charge in [0.2, 0.25) is 0 Å². The predicted molar refractivity (Wildman–Crippen MR) is 46.6 cm³/mol. The van der Waals surface area contributed by atoms with Crippen molar-refractivity contribution in [3.8, 4) is 0 Å². The molecule has 0 bridgehead atoms. The van der Waals surface area contributed by atoms with Gasteiger partial charge in [-0.25, -0.2) is 0 Å². The molecule has 2 heteroatoms. The van der Waals surface area contributed by atoms with Gasteiger partial charge >= 0.3 is 0 Å². The molecule has 0 amide bonds. The lowest BCUT2D eigenvalue weighted by molar-refractivity contribution is 0.0165. The average Bonchev–Trinajstić information content (AvgIpc) is 1.87. The van der Waals surface area contributed by atoms with Crippen LogP contribution in [0.3, 0.4) is 0 Å². The quantitative estimate of drug-likeness (QED) is 0.644. The molecule has 1 rings (SSSR count). The zero-order chi connectivity index (χ0) is 7.45. The van der Waals surface area contributed by atoms with Crippen molar-refractivity contribution < 1.29 is 4.74 Å². The van der Waals surface area contributed by atoms with E-state index in [0.717, 1.165) is 18.5 Å². The summed E-state index contributed by atoms with van der Waals surface area (Å²) >= 11 is 3.53. The first-order valence-corrected chi connectivity index (χ1v) is 5.09. The van der Waals surface area contributed by atoms with E-state index in [2.05, 4.69) is 22.9 Å². The molecule has 0 aromatic carbocycles. The van der Waals surface area contributed by atoms with Crippen LogP contribution in [-0.2, 0) is 4.74 Å². The third-order valence-electron chi connectivity index (χ3n) is 2.31. The van der Waals surface area contributed by atoms with Crippen molar-refractivity contribution in [3.63, 3.8) is 0 Å². The van der Waals surface area contributed by atoms with Gasteiger partial charge in [0, 0.05) is 17.4 Å². The molecule has 0 saturated heterocycles. The maximum absolute atomic E-state index is 5.40. The highest BCUT2D eigenvalue weighted by Crippen LogP contribution is 2.42. The fourth-order valence-electron chi connectivity index (χ4n) is 1.31. The number of alkyl halides is 1. The van der Waals surface area contributed by atoms with E-state index >= 15 is 0 Å². The Bertz CT molecular complexity index is 93.9. The Balaban J connectivity index is 2.20. The third kappa shape index (κ3) is 1.73. The van der Waals surface area contributed by atoms with Gasteiger partial charge in [0.1, 0.15) is 0 Å². The lowest BCUT2D eigenvalue weighted by Gasteiger charge is -2.39. The first kappa shape index (κ1) is 8.54. The van der Waals surface area contributed by atoms with Gasteiger partial charge in [-0.3, -0.25) is 0 Å². The molecule has 1 aliphatic carbocycles. The lowest BCUT2D eigenvalue weighted by atomic mass is 9.71. The van der Waals surface area contributed by atoms with Gasteiger partial charge in [0.25, 0.3) is 0 Å². The molecule has 0 aliphatic heterocycles. The molecular weight excluding hydrogens is 192 g/mol. The van der Waals surface area contributed by atoms with E-state index in [0.29, 0.717) is 5.41 Å². The molecule has 1 aliphatic rings. The minimum absolute atomic E-state index is 0.510. The van der Waals surface area contributed by atoms with Crippen LogP contribution in [-0.4, -0.2) is 18.5 Å². The monoisotopic (exact) mass is 206 g/mol. The largest absolute Gasteiger partial charge is 0.381 e. The van der Waals surface area contributed by atoms with Crippen LogP contribution >= 0.6 is 15.9 Å². The Morgan fingerprint density at radius 3 is 2.50 bits per heavy atom. The average molecular weight is 207 g/mol. The van der Waals surface area contributed by atoms with Crippen molar-refractivity contribution >= 4 is 15.9 Å². The second kappa shape index (κ2) is 3.72. The van der Waals surface area contributed by atoms with Crippen LogP contribution in [0, 0.1) is 5.41 Å². The molecule has 0 spiro atoms. The Kier molecular flexibility index (Phi) is 3.18. The van der Waals surface area contributed by atoms with Crippen molar-refractivity contribution in [2.45, 2.75) is 26.2 Å². The Hall–Kier alpha value is 0.440. The first-order valence-electron chi connectivity index (χ1n) is 3.97. The first-order chi connectivity index (χ1) is 4.83. The normalized spacial score (nSPS) is 22.2. The third-order valence-corrected chi connectivity index (χ3v) is 3.50. The van der Waals surface area contributed by atoms with E-state index in [-0.39, 0.29) is 0 Å². The van der Waals surface area contributed by atoms with Gasteiger partial charge in [0.05, 0.1) is 6.61 Å². The van der Waals surface area contributed by atoms with Crippen LogP contribution in [0.5, 0.6) is 0 Å². The Morgan fingerprint density at radius 1 is 1.50 bits per heavy atom. The van der Waals surface area contributed by atoms with Crippen LogP contribution in [0.4, 0.5) is 0 Å². The minimum atomic E-state index is 0.510. The number of halogens is 1. The van der Waals surface area contributed by atoms with E-state index in [1.165, 1.54) is 19.3 Å². The van der Waals surface area contributed by atoms with E-state index in [1.54, 1.807) is 0 Å². The van der Waals surface area contributed by atoms with Crippen molar-refractivity contribution in [2.75, 3.05) is 18.5 Å². The van der Waals surface area contributed by atoms with E-state index in [1.807, 2.05) is 0 Å². The summed E-state index contributed by atoms with van der Waals surface area (Å²) in [6.07, 6.45) is 4.08. The van der Waals surface area contributed by atoms with E-state index < -0.39 is 0 Å². The van der Waals surface area contributed by atoms with Gasteiger partial charge in [-0.15, -0.1) is 0 Å². The predicted octanol–water partition coefficient (Wildman–Crippen LogP) is 2.59. The highest BCUT2D eigenvalue weighted by Gasteiger charge is 2.35. The minimum Gasteiger partial charge on any atom is -0.381 e. The molecule has 1 fully saturated rings. The summed E-state index contributed by atoms with van der Waals surface area (Å²) in [5.41, 5.74) is 0.510. The molecule has 60 valence electrons. The molecule has 0 heterocycles. The maximum atomic E-state index is 5.40. The summed E-state index contributed by atoms with van der Waals surface area (Å²) in [4.78, 5) is 0. The summed E-state index contributed by atoms with van der Waals surface area (Å²) in [6.45, 7) is 3.87. The van der Waals surface area contributed by atoms with Crippen molar-refractivity contribution in [1.82, 2.24) is 0 Å². The molecule has 0 unspecified atom stereocenters. The highest BCUT2D eigenvalue weighted by molar-refractivity contribution is 9.09. The highest BCUT2D eigenvalue weighted by atomic mass is 79.9. The van der Waals surface area contributed by atoms with Gasteiger partial charge in [0.15, 0.2) is 0 Å². The van der Waals surface area contributed by atoms with Crippen LogP contribution in [0.1, 0.15) is 26.2 Å². The second-order valence-corrected chi connectivity index (χ2v) is 3.69. The summed E-state index contributed by atoms with van der Waals surface area (Å²) in [6, 6.07) is 0. The number of hydrogen-bond acceptors (Lipinski definition) is 1. The fourth-order valence-corrected chi connectivity index (χ4v) is 2.03. The van der Waals surface area contributed by atoms with Crippen molar-refractivity contribution in [2.24, 2.45) is 5.41 Å². The zero-order valence-electron chi connectivity index (χ0n) is 6.53. The maximum Gasteiger partial charge on any atom is 0.0530 e. The Morgan fingerprint density at radius 2 is 2.20 bits per heavy atom. The summed E-state index contributed by atoms with van der Waals surface area (Å²) in [7, 11) is 0. The molecule has 1 nitrogen and oxygen atoms in total. The van der Waals surface area contributed by atoms with Crippen LogP contribution in [0.15, 0.2) is 0 Å². The van der Waals surface area contributed by atoms with Crippen LogP contribution in [0.2, 0.25) is 0 Å². The molecular formula is C8H15BrO. The smallest absolute Gasteiger partial charge is 0.0530 e. The Labute approximate surface area is 71.3 Å². The van der Waals surface area contributed by atoms with E-state index in [4.69, 9.17) is 4.74 Å². The van der Waals surface area contributed by atoms with Crippen molar-refractivity contribution in [3.05, 3.63) is 0 Å². The standard InChI is InChI=1S/C8H15BrO/c1-2-10-7-8(6-9)4-3-5-8/h2-7H2,1H3. The van der Waals surface area contributed by atoms with E-state index in [9.17, 15) is 0 Å². The zero-order valence-corrected chi connectivity index (χ0v) is 8.11. The number of ether oxygens (including phenoxy) is 1. The fraction of sp³-hybridized carbons (Fsp3) is 1.00. The summed E-state index contributed by atoms with van der Waals surface area (Å²) < 4.78 is 5.40. The topological polar surface area (TPSA) is 9.23 Å². The summed E-state index contributed by atoms with van der Waals surface area (Å²) in [5.74, 6) is 0. The van der Waals surface area contributed by atoms with Gasteiger partial charge in [-0.1, -0.05) is 22.4 Å². The van der Waals surface area contributed by atoms with Crippen molar-refractivity contribution in [1.29, 1.82) is 0 Å². The molecule has 1 saturated carbocycles. The lowest BCUT2D eigenvalue weighted by Crippen LogP contribution is -2.35. The second-order valence-electron chi connectivity index (χ2n) is 3.12. The van der Waals surface area contributed by atoms with Crippen LogP contribution < -0.4 is 0 Å². The molecule has 0 aromatic rings. The molecule has 0 radical (unpaired) electrons. The van der Waals surface area contributed by atoms with Gasteiger partial charge in [-0.05, 0) is 19.8 Å². The number of rotatable bonds is 4. The molecule has 0 aromatic heterocycles. The molecule has 10 heavy (non-hydrogen) atoms. The molecule has 0 N–H and O–H groups in total.